The van der Waals surface area contributed by atoms with Crippen LogP contribution in [0.3, 0.4) is 0 Å². The van der Waals surface area contributed by atoms with Gasteiger partial charge in [-0.2, -0.15) is 0 Å². The van der Waals surface area contributed by atoms with E-state index in [0.717, 1.165) is 41.7 Å². The summed E-state index contributed by atoms with van der Waals surface area (Å²) in [6.45, 7) is 8.33. The Kier molecular flexibility index (Phi) is 9.69. The Morgan fingerprint density at radius 1 is 1.14 bits per heavy atom. The monoisotopic (exact) mass is 530 g/mol. The highest BCUT2D eigenvalue weighted by Crippen LogP contribution is 2.35. The summed E-state index contributed by atoms with van der Waals surface area (Å²) in [5.74, 6) is -0.918. The Hall–Kier alpha value is -2.95. The summed E-state index contributed by atoms with van der Waals surface area (Å²) < 4.78 is 11.9. The number of hydrogen-bond acceptors (Lipinski definition) is 7. The average molecular weight is 531 g/mol. The number of anilines is 1. The van der Waals surface area contributed by atoms with Gasteiger partial charge < -0.3 is 26.3 Å². The van der Waals surface area contributed by atoms with Gasteiger partial charge in [-0.25, -0.2) is 4.79 Å². The van der Waals surface area contributed by atoms with E-state index in [4.69, 9.17) is 20.9 Å². The van der Waals surface area contributed by atoms with Crippen LogP contribution in [0.15, 0.2) is 30.3 Å². The largest absolute Gasteiger partial charge is 0.461 e. The molecule has 1 fully saturated rings. The zero-order valence-electron chi connectivity index (χ0n) is 22.0. The Bertz CT molecular complexity index is 1100. The fraction of sp³-hybridized carbons (Fsp3) is 0.519. The minimum atomic E-state index is -0.763. The van der Waals surface area contributed by atoms with Gasteiger partial charge in [-0.05, 0) is 77.0 Å². The number of thiophene rings is 1. The van der Waals surface area contributed by atoms with Crippen molar-refractivity contribution < 1.29 is 23.9 Å². The van der Waals surface area contributed by atoms with Crippen molar-refractivity contribution >= 4 is 34.2 Å². The molecule has 3 rings (SSSR count). The van der Waals surface area contributed by atoms with E-state index in [9.17, 15) is 14.4 Å². The molecule has 1 heterocycles. The molecule has 2 aromatic rings. The van der Waals surface area contributed by atoms with Gasteiger partial charge in [0, 0.05) is 11.4 Å². The molecule has 3 amide bonds. The first-order chi connectivity index (χ1) is 17.4. The van der Waals surface area contributed by atoms with Crippen molar-refractivity contribution in [1.82, 2.24) is 5.32 Å². The van der Waals surface area contributed by atoms with Crippen LogP contribution >= 0.6 is 11.3 Å². The molecule has 0 bridgehead atoms. The van der Waals surface area contributed by atoms with Crippen LogP contribution in [0.1, 0.15) is 69.3 Å². The molecule has 1 saturated carbocycles. The lowest BCUT2D eigenvalue weighted by molar-refractivity contribution is -0.158. The quantitative estimate of drug-likeness (QED) is 0.320. The highest BCUT2D eigenvalue weighted by Gasteiger charge is 2.32. The van der Waals surface area contributed by atoms with Crippen molar-refractivity contribution in [2.24, 2.45) is 11.5 Å². The summed E-state index contributed by atoms with van der Waals surface area (Å²) in [5, 5.41) is 6.13. The van der Waals surface area contributed by atoms with E-state index in [2.05, 4.69) is 10.6 Å². The minimum absolute atomic E-state index is 0.0136. The molecule has 202 valence electrons. The third-order valence-corrected chi connectivity index (χ3v) is 7.17. The second kappa shape index (κ2) is 12.5. The van der Waals surface area contributed by atoms with Gasteiger partial charge in [0.2, 0.25) is 0 Å². The second-order valence-electron chi connectivity index (χ2n) is 10.4. The predicted molar refractivity (Wildman–Crippen MR) is 146 cm³/mol. The van der Waals surface area contributed by atoms with E-state index in [1.54, 1.807) is 6.07 Å². The van der Waals surface area contributed by atoms with E-state index in [-0.39, 0.29) is 23.7 Å². The average Bonchev–Trinajstić information content (AvgIpc) is 3.45. The van der Waals surface area contributed by atoms with Crippen molar-refractivity contribution in [3.8, 4) is 10.4 Å². The highest BCUT2D eigenvalue weighted by atomic mass is 32.1. The fourth-order valence-corrected chi connectivity index (χ4v) is 5.55. The SMILES string of the molecule is C[C@@H](OC(C)(C)C)[C@H](NCCc1cccc(-c2cc(C(N)=O)c(NC(N)=O)s2)c1)C(=O)OC1CCCC1. The van der Waals surface area contributed by atoms with Gasteiger partial charge in [-0.3, -0.25) is 14.9 Å². The molecule has 1 aliphatic carbocycles. The molecular formula is C27H38N4O5S. The van der Waals surface area contributed by atoms with Crippen molar-refractivity contribution in [2.45, 2.75) is 83.6 Å². The number of rotatable bonds is 11. The van der Waals surface area contributed by atoms with E-state index >= 15 is 0 Å². The van der Waals surface area contributed by atoms with Gasteiger partial charge >= 0.3 is 12.0 Å². The number of primary amides is 2. The van der Waals surface area contributed by atoms with Crippen LogP contribution in [-0.2, 0) is 20.7 Å². The third-order valence-electron chi connectivity index (χ3n) is 6.07. The lowest BCUT2D eigenvalue weighted by Crippen LogP contribution is -2.50. The van der Waals surface area contributed by atoms with Gasteiger partial charge in [0.05, 0.1) is 17.3 Å². The van der Waals surface area contributed by atoms with Crippen molar-refractivity contribution in [3.63, 3.8) is 0 Å². The Morgan fingerprint density at radius 2 is 1.84 bits per heavy atom. The molecular weight excluding hydrogens is 492 g/mol. The topological polar surface area (TPSA) is 146 Å². The number of ether oxygens (including phenoxy) is 2. The molecule has 1 aromatic carbocycles. The van der Waals surface area contributed by atoms with Crippen molar-refractivity contribution in [2.75, 3.05) is 11.9 Å². The number of esters is 1. The maximum Gasteiger partial charge on any atom is 0.326 e. The molecule has 9 nitrogen and oxygen atoms in total. The Labute approximate surface area is 222 Å². The number of hydrogen-bond donors (Lipinski definition) is 4. The molecule has 6 N–H and O–H groups in total. The maximum atomic E-state index is 13.0. The lowest BCUT2D eigenvalue weighted by Gasteiger charge is -2.31. The van der Waals surface area contributed by atoms with E-state index in [1.807, 2.05) is 52.0 Å². The predicted octanol–water partition coefficient (Wildman–Crippen LogP) is 4.19. The molecule has 37 heavy (non-hydrogen) atoms. The number of benzene rings is 1. The number of nitrogens with one attached hydrogen (secondary N) is 2. The minimum Gasteiger partial charge on any atom is -0.461 e. The number of carbonyl (C=O) groups excluding carboxylic acids is 3. The summed E-state index contributed by atoms with van der Waals surface area (Å²) in [4.78, 5) is 36.9. The first-order valence-electron chi connectivity index (χ1n) is 12.6. The van der Waals surface area contributed by atoms with Crippen LogP contribution < -0.4 is 22.1 Å². The number of amides is 3. The first kappa shape index (κ1) is 28.6. The first-order valence-corrected chi connectivity index (χ1v) is 13.5. The van der Waals surface area contributed by atoms with Gasteiger partial charge in [-0.1, -0.05) is 24.3 Å². The van der Waals surface area contributed by atoms with Crippen LogP contribution in [-0.4, -0.2) is 48.3 Å². The van der Waals surface area contributed by atoms with Crippen LogP contribution in [0.25, 0.3) is 10.4 Å². The summed E-state index contributed by atoms with van der Waals surface area (Å²) >= 11 is 1.23. The number of urea groups is 1. The summed E-state index contributed by atoms with van der Waals surface area (Å²) in [7, 11) is 0. The summed E-state index contributed by atoms with van der Waals surface area (Å²) in [6, 6.07) is 8.15. The number of carbonyl (C=O) groups is 3. The lowest BCUT2D eigenvalue weighted by atomic mass is 10.1. The molecule has 0 unspecified atom stereocenters. The fourth-order valence-electron chi connectivity index (χ4n) is 4.48. The van der Waals surface area contributed by atoms with E-state index in [1.165, 1.54) is 11.3 Å². The van der Waals surface area contributed by atoms with Gasteiger partial charge in [-0.15, -0.1) is 11.3 Å². The molecule has 1 aromatic heterocycles. The van der Waals surface area contributed by atoms with Crippen LogP contribution in [0, 0.1) is 0 Å². The second-order valence-corrected chi connectivity index (χ2v) is 11.4. The Morgan fingerprint density at radius 3 is 2.46 bits per heavy atom. The smallest absolute Gasteiger partial charge is 0.326 e. The summed E-state index contributed by atoms with van der Waals surface area (Å²) in [6.07, 6.45) is 4.28. The highest BCUT2D eigenvalue weighted by molar-refractivity contribution is 7.20. The van der Waals surface area contributed by atoms with Gasteiger partial charge in [0.25, 0.3) is 5.91 Å². The molecule has 0 saturated heterocycles. The Balaban J connectivity index is 1.69. The molecule has 1 aliphatic rings. The van der Waals surface area contributed by atoms with Crippen LogP contribution in [0.5, 0.6) is 0 Å². The van der Waals surface area contributed by atoms with E-state index in [0.29, 0.717) is 18.0 Å². The van der Waals surface area contributed by atoms with Gasteiger partial charge in [0.1, 0.15) is 17.1 Å². The molecule has 0 spiro atoms. The van der Waals surface area contributed by atoms with Gasteiger partial charge in [0.15, 0.2) is 0 Å². The van der Waals surface area contributed by atoms with Crippen molar-refractivity contribution in [1.29, 1.82) is 0 Å². The zero-order valence-corrected chi connectivity index (χ0v) is 22.8. The van der Waals surface area contributed by atoms with Crippen molar-refractivity contribution in [3.05, 3.63) is 41.5 Å². The zero-order chi connectivity index (χ0) is 27.2. The molecule has 2 atom stereocenters. The number of nitrogens with two attached hydrogens (primary N) is 2. The van der Waals surface area contributed by atoms with E-state index < -0.39 is 23.6 Å². The third kappa shape index (κ3) is 8.55. The van der Waals surface area contributed by atoms with Crippen LogP contribution in [0.2, 0.25) is 0 Å². The molecule has 10 heteroatoms. The van der Waals surface area contributed by atoms with Crippen LogP contribution in [0.4, 0.5) is 9.80 Å². The normalized spacial score (nSPS) is 15.8. The standard InChI is InChI=1S/C27H38N4O5S/c1-16(36-27(2,3)4)22(25(33)35-19-10-5-6-11-19)30-13-12-17-8-7-9-18(14-17)21-15-20(23(28)32)24(37-21)31-26(29)34/h7-9,14-16,19,22,30H,5-6,10-13H2,1-4H3,(H2,28,32)(H3,29,31,34)/t16-,22+/m1/s1. The summed E-state index contributed by atoms with van der Waals surface area (Å²) in [5.41, 5.74) is 12.4. The molecule has 0 radical (unpaired) electrons. The molecule has 0 aliphatic heterocycles. The maximum absolute atomic E-state index is 13.0.